The quantitative estimate of drug-likeness (QED) is 0.758. The summed E-state index contributed by atoms with van der Waals surface area (Å²) >= 11 is 0. The lowest BCUT2D eigenvalue weighted by Crippen LogP contribution is -2.23. The van der Waals surface area contributed by atoms with Gasteiger partial charge in [-0.3, -0.25) is 0 Å². The summed E-state index contributed by atoms with van der Waals surface area (Å²) in [5, 5.41) is 12.2. The van der Waals surface area contributed by atoms with Crippen LogP contribution in [0.1, 0.15) is 12.0 Å². The number of methoxy groups -OCH3 is 1. The van der Waals surface area contributed by atoms with Crippen LogP contribution in [-0.2, 0) is 0 Å². The largest absolute Gasteiger partial charge is 0.497 e. The number of nitrogens with zero attached hydrogens (tertiary/aromatic N) is 2. The van der Waals surface area contributed by atoms with Gasteiger partial charge in [0, 0.05) is 19.7 Å². The Morgan fingerprint density at radius 3 is 2.82 bits per heavy atom. The maximum Gasteiger partial charge on any atom is 0.121 e. The normalized spacial score (nSPS) is 9.76. The van der Waals surface area contributed by atoms with Crippen LogP contribution in [0.3, 0.4) is 0 Å². The van der Waals surface area contributed by atoms with Gasteiger partial charge in [-0.1, -0.05) is 0 Å². The van der Waals surface area contributed by atoms with Crippen molar-refractivity contribution >= 4 is 5.69 Å². The minimum absolute atomic E-state index is 0.678. The van der Waals surface area contributed by atoms with Crippen molar-refractivity contribution in [3.05, 3.63) is 23.8 Å². The summed E-state index contributed by atoms with van der Waals surface area (Å²) in [5.74, 6) is 0.777. The first kappa shape index (κ1) is 13.3. The zero-order valence-electron chi connectivity index (χ0n) is 10.7. The minimum Gasteiger partial charge on any atom is -0.497 e. The van der Waals surface area contributed by atoms with E-state index in [1.165, 1.54) is 0 Å². The molecule has 1 N–H and O–H groups in total. The fraction of sp³-hybridized carbons (Fsp3) is 0.462. The second-order valence-electron chi connectivity index (χ2n) is 3.87. The van der Waals surface area contributed by atoms with Crippen LogP contribution in [0.15, 0.2) is 18.2 Å². The number of hydrogen-bond donors (Lipinski definition) is 1. The zero-order valence-corrected chi connectivity index (χ0v) is 10.7. The van der Waals surface area contributed by atoms with E-state index in [4.69, 9.17) is 10.00 Å². The number of nitriles is 1. The molecule has 0 unspecified atom stereocenters. The van der Waals surface area contributed by atoms with Crippen molar-refractivity contribution in [1.82, 2.24) is 5.32 Å². The minimum atomic E-state index is 0.678. The molecule has 0 amide bonds. The van der Waals surface area contributed by atoms with Crippen molar-refractivity contribution < 1.29 is 4.74 Å². The Balaban J connectivity index is 2.82. The number of nitrogens with one attached hydrogen (secondary N) is 1. The molecule has 0 aliphatic heterocycles. The predicted octanol–water partition coefficient (Wildman–Crippen LogP) is 1.61. The molecule has 0 saturated carbocycles. The third-order valence-electron chi connectivity index (χ3n) is 2.66. The number of hydrogen-bond acceptors (Lipinski definition) is 4. The van der Waals surface area contributed by atoms with E-state index in [0.717, 1.165) is 30.9 Å². The van der Waals surface area contributed by atoms with Crippen molar-refractivity contribution in [2.75, 3.05) is 39.2 Å². The van der Waals surface area contributed by atoms with Gasteiger partial charge in [0.15, 0.2) is 0 Å². The zero-order chi connectivity index (χ0) is 12.7. The van der Waals surface area contributed by atoms with Crippen molar-refractivity contribution in [2.24, 2.45) is 0 Å². The van der Waals surface area contributed by atoms with Gasteiger partial charge in [0.05, 0.1) is 18.4 Å². The van der Waals surface area contributed by atoms with Crippen molar-refractivity contribution in [1.29, 1.82) is 5.26 Å². The van der Waals surface area contributed by atoms with Gasteiger partial charge in [-0.05, 0) is 32.1 Å². The summed E-state index contributed by atoms with van der Waals surface area (Å²) in [7, 11) is 5.56. The van der Waals surface area contributed by atoms with Gasteiger partial charge in [0.1, 0.15) is 11.8 Å². The van der Waals surface area contributed by atoms with E-state index < -0.39 is 0 Å². The van der Waals surface area contributed by atoms with E-state index in [9.17, 15) is 0 Å². The maximum atomic E-state index is 9.07. The molecule has 1 rings (SSSR count). The van der Waals surface area contributed by atoms with Crippen LogP contribution < -0.4 is 15.0 Å². The van der Waals surface area contributed by atoms with Crippen LogP contribution in [0, 0.1) is 11.3 Å². The molecule has 0 aromatic heterocycles. The predicted molar refractivity (Wildman–Crippen MR) is 69.5 cm³/mol. The highest BCUT2D eigenvalue weighted by molar-refractivity contribution is 5.61. The first-order valence-electron chi connectivity index (χ1n) is 5.66. The summed E-state index contributed by atoms with van der Waals surface area (Å²) in [5.41, 5.74) is 1.60. The van der Waals surface area contributed by atoms with Crippen LogP contribution >= 0.6 is 0 Å². The van der Waals surface area contributed by atoms with Gasteiger partial charge in [-0.15, -0.1) is 0 Å². The fourth-order valence-corrected chi connectivity index (χ4v) is 1.66. The molecule has 1 aromatic rings. The first-order chi connectivity index (χ1) is 8.22. The number of anilines is 1. The van der Waals surface area contributed by atoms with E-state index >= 15 is 0 Å². The standard InChI is InChI=1S/C13H19N3O/c1-15-7-4-8-16(2)13-9-12(17-3)6-5-11(13)10-14/h5-6,9,15H,4,7-8H2,1-3H3. The molecule has 0 fully saturated rings. The SMILES string of the molecule is CNCCCN(C)c1cc(OC)ccc1C#N. The molecule has 0 radical (unpaired) electrons. The molecular weight excluding hydrogens is 214 g/mol. The van der Waals surface area contributed by atoms with Gasteiger partial charge in [0.25, 0.3) is 0 Å². The van der Waals surface area contributed by atoms with Crippen LogP contribution in [0.2, 0.25) is 0 Å². The van der Waals surface area contributed by atoms with E-state index in [1.807, 2.05) is 26.2 Å². The van der Waals surface area contributed by atoms with Crippen LogP contribution in [0.4, 0.5) is 5.69 Å². The summed E-state index contributed by atoms with van der Waals surface area (Å²) in [6.45, 7) is 1.87. The van der Waals surface area contributed by atoms with Crippen LogP contribution in [0.5, 0.6) is 5.75 Å². The molecule has 17 heavy (non-hydrogen) atoms. The molecule has 4 heteroatoms. The van der Waals surface area contributed by atoms with Gasteiger partial charge >= 0.3 is 0 Å². The Labute approximate surface area is 103 Å². The Bertz CT molecular complexity index is 398. The molecule has 1 aromatic carbocycles. The molecule has 0 aliphatic rings. The summed E-state index contributed by atoms with van der Waals surface area (Å²) < 4.78 is 5.18. The third kappa shape index (κ3) is 3.65. The average molecular weight is 233 g/mol. The fourth-order valence-electron chi connectivity index (χ4n) is 1.66. The Morgan fingerprint density at radius 2 is 2.24 bits per heavy atom. The molecule has 0 heterocycles. The topological polar surface area (TPSA) is 48.3 Å². The van der Waals surface area contributed by atoms with Gasteiger partial charge in [-0.2, -0.15) is 5.26 Å². The molecule has 4 nitrogen and oxygen atoms in total. The lowest BCUT2D eigenvalue weighted by atomic mass is 10.1. The molecule has 0 saturated heterocycles. The number of benzene rings is 1. The summed E-state index contributed by atoms with van der Waals surface area (Å²) in [6.07, 6.45) is 1.04. The monoisotopic (exact) mass is 233 g/mol. The molecule has 0 spiro atoms. The van der Waals surface area contributed by atoms with Gasteiger partial charge < -0.3 is 15.0 Å². The van der Waals surface area contributed by atoms with E-state index in [0.29, 0.717) is 5.56 Å². The van der Waals surface area contributed by atoms with Crippen LogP contribution in [-0.4, -0.2) is 34.3 Å². The molecular formula is C13H19N3O. The Kier molecular flexibility index (Phi) is 5.31. The van der Waals surface area contributed by atoms with Crippen molar-refractivity contribution in [2.45, 2.75) is 6.42 Å². The third-order valence-corrected chi connectivity index (χ3v) is 2.66. The Morgan fingerprint density at radius 1 is 1.47 bits per heavy atom. The number of rotatable bonds is 6. The Hall–Kier alpha value is -1.73. The van der Waals surface area contributed by atoms with Gasteiger partial charge in [-0.25, -0.2) is 0 Å². The van der Waals surface area contributed by atoms with E-state index in [2.05, 4.69) is 16.3 Å². The van der Waals surface area contributed by atoms with E-state index in [-0.39, 0.29) is 0 Å². The smallest absolute Gasteiger partial charge is 0.121 e. The number of ether oxygens (including phenoxy) is 1. The first-order valence-corrected chi connectivity index (χ1v) is 5.66. The van der Waals surface area contributed by atoms with Crippen molar-refractivity contribution in [3.63, 3.8) is 0 Å². The van der Waals surface area contributed by atoms with E-state index in [1.54, 1.807) is 13.2 Å². The second kappa shape index (κ2) is 6.77. The highest BCUT2D eigenvalue weighted by Crippen LogP contribution is 2.24. The lowest BCUT2D eigenvalue weighted by molar-refractivity contribution is 0.415. The maximum absolute atomic E-state index is 9.07. The summed E-state index contributed by atoms with van der Waals surface area (Å²) in [4.78, 5) is 2.08. The van der Waals surface area contributed by atoms with Crippen molar-refractivity contribution in [3.8, 4) is 11.8 Å². The summed E-state index contributed by atoms with van der Waals surface area (Å²) in [6, 6.07) is 7.71. The van der Waals surface area contributed by atoms with Gasteiger partial charge in [0.2, 0.25) is 0 Å². The lowest BCUT2D eigenvalue weighted by Gasteiger charge is -2.21. The molecule has 0 atom stereocenters. The molecule has 0 bridgehead atoms. The molecule has 92 valence electrons. The highest BCUT2D eigenvalue weighted by atomic mass is 16.5. The van der Waals surface area contributed by atoms with Crippen LogP contribution in [0.25, 0.3) is 0 Å². The highest BCUT2D eigenvalue weighted by Gasteiger charge is 2.08. The average Bonchev–Trinajstić information content (AvgIpc) is 2.38. The second-order valence-corrected chi connectivity index (χ2v) is 3.87. The molecule has 0 aliphatic carbocycles.